The van der Waals surface area contributed by atoms with E-state index in [-0.39, 0.29) is 14.2 Å². The molecule has 1 N–H and O–H groups in total. The molecule has 0 aromatic carbocycles. The van der Waals surface area contributed by atoms with Crippen molar-refractivity contribution in [3.05, 3.63) is 20.5 Å². The van der Waals surface area contributed by atoms with Crippen LogP contribution in [-0.4, -0.2) is 19.9 Å². The van der Waals surface area contributed by atoms with E-state index in [9.17, 15) is 18.5 Å². The maximum absolute atomic E-state index is 12.1. The van der Waals surface area contributed by atoms with Gasteiger partial charge < -0.3 is 0 Å². The lowest BCUT2D eigenvalue weighted by atomic mass is 9.99. The minimum Gasteiger partial charge on any atom is -0.258 e. The molecule has 1 aromatic rings. The average molecular weight is 339 g/mol. The van der Waals surface area contributed by atoms with Gasteiger partial charge in [-0.05, 0) is 18.3 Å². The number of rotatable bonds is 5. The molecular weight excluding hydrogens is 324 g/mol. The SMILES string of the molecule is CC1CCCC1CNS(=O)(=O)c1cc([N+](=O)[O-])c(Cl)s1. The third-order valence-corrected chi connectivity index (χ3v) is 6.92. The molecule has 1 aliphatic carbocycles. The van der Waals surface area contributed by atoms with Gasteiger partial charge in [-0.3, -0.25) is 10.1 Å². The molecule has 0 spiro atoms. The molecule has 0 aliphatic heterocycles. The molecule has 1 fully saturated rings. The summed E-state index contributed by atoms with van der Waals surface area (Å²) < 4.78 is 26.5. The first-order chi connectivity index (χ1) is 9.31. The number of thiophene rings is 1. The van der Waals surface area contributed by atoms with Crippen molar-refractivity contribution < 1.29 is 13.3 Å². The van der Waals surface area contributed by atoms with Gasteiger partial charge in [0, 0.05) is 12.6 Å². The molecule has 2 atom stereocenters. The van der Waals surface area contributed by atoms with Crippen LogP contribution in [0.15, 0.2) is 10.3 Å². The molecule has 6 nitrogen and oxygen atoms in total. The van der Waals surface area contributed by atoms with Crippen LogP contribution < -0.4 is 4.72 Å². The van der Waals surface area contributed by atoms with Crippen LogP contribution in [0.3, 0.4) is 0 Å². The molecule has 20 heavy (non-hydrogen) atoms. The van der Waals surface area contributed by atoms with Gasteiger partial charge in [-0.25, -0.2) is 13.1 Å². The van der Waals surface area contributed by atoms with Crippen molar-refractivity contribution in [2.24, 2.45) is 11.8 Å². The van der Waals surface area contributed by atoms with E-state index in [0.717, 1.165) is 25.3 Å². The Morgan fingerprint density at radius 2 is 2.25 bits per heavy atom. The van der Waals surface area contributed by atoms with Crippen LogP contribution in [-0.2, 0) is 10.0 Å². The fourth-order valence-corrected chi connectivity index (χ4v) is 5.21. The number of nitrogens with one attached hydrogen (secondary N) is 1. The van der Waals surface area contributed by atoms with Crippen LogP contribution in [0, 0.1) is 22.0 Å². The van der Waals surface area contributed by atoms with E-state index >= 15 is 0 Å². The van der Waals surface area contributed by atoms with Crippen molar-refractivity contribution >= 4 is 38.6 Å². The first-order valence-electron chi connectivity index (χ1n) is 6.24. The van der Waals surface area contributed by atoms with E-state index in [4.69, 9.17) is 11.6 Å². The average Bonchev–Trinajstić information content (AvgIpc) is 2.93. The highest BCUT2D eigenvalue weighted by Crippen LogP contribution is 2.36. The van der Waals surface area contributed by atoms with Crippen LogP contribution >= 0.6 is 22.9 Å². The minimum atomic E-state index is -3.73. The summed E-state index contributed by atoms with van der Waals surface area (Å²) in [5.74, 6) is 0.828. The van der Waals surface area contributed by atoms with Crippen molar-refractivity contribution in [3.63, 3.8) is 0 Å². The predicted molar refractivity (Wildman–Crippen MR) is 77.7 cm³/mol. The summed E-state index contributed by atoms with van der Waals surface area (Å²) in [6.45, 7) is 2.48. The normalized spacial score (nSPS) is 23.1. The molecule has 2 unspecified atom stereocenters. The van der Waals surface area contributed by atoms with Gasteiger partial charge in [-0.15, -0.1) is 11.3 Å². The van der Waals surface area contributed by atoms with E-state index < -0.39 is 14.9 Å². The number of hydrogen-bond donors (Lipinski definition) is 1. The van der Waals surface area contributed by atoms with Gasteiger partial charge in [-0.1, -0.05) is 31.4 Å². The zero-order valence-electron chi connectivity index (χ0n) is 10.8. The lowest BCUT2D eigenvalue weighted by Crippen LogP contribution is -2.29. The van der Waals surface area contributed by atoms with Crippen molar-refractivity contribution in [3.8, 4) is 0 Å². The van der Waals surface area contributed by atoms with Crippen LogP contribution in [0.5, 0.6) is 0 Å². The molecular formula is C11H15ClN2O4S2. The summed E-state index contributed by atoms with van der Waals surface area (Å²) in [5, 5.41) is 10.7. The summed E-state index contributed by atoms with van der Waals surface area (Å²) in [6.07, 6.45) is 3.24. The Hall–Kier alpha value is -0.700. The number of sulfonamides is 1. The Balaban J connectivity index is 2.10. The fourth-order valence-electron chi connectivity index (χ4n) is 2.41. The van der Waals surface area contributed by atoms with Crippen LogP contribution in [0.1, 0.15) is 26.2 Å². The smallest absolute Gasteiger partial charge is 0.258 e. The third kappa shape index (κ3) is 3.30. The summed E-state index contributed by atoms with van der Waals surface area (Å²) in [7, 11) is -3.73. The van der Waals surface area contributed by atoms with Gasteiger partial charge in [0.15, 0.2) is 4.34 Å². The lowest BCUT2D eigenvalue weighted by Gasteiger charge is -2.15. The highest BCUT2D eigenvalue weighted by Gasteiger charge is 2.28. The molecule has 112 valence electrons. The largest absolute Gasteiger partial charge is 0.300 e. The van der Waals surface area contributed by atoms with Gasteiger partial charge in [0.05, 0.1) is 4.92 Å². The van der Waals surface area contributed by atoms with Crippen LogP contribution in [0.4, 0.5) is 5.69 Å². The zero-order chi connectivity index (χ0) is 14.9. The fraction of sp³-hybridized carbons (Fsp3) is 0.636. The van der Waals surface area contributed by atoms with E-state index in [1.807, 2.05) is 0 Å². The molecule has 0 saturated heterocycles. The second-order valence-corrected chi connectivity index (χ2v) is 8.65. The first-order valence-corrected chi connectivity index (χ1v) is 8.92. The van der Waals surface area contributed by atoms with Crippen LogP contribution in [0.2, 0.25) is 4.34 Å². The number of hydrogen-bond acceptors (Lipinski definition) is 5. The molecule has 9 heteroatoms. The van der Waals surface area contributed by atoms with E-state index in [2.05, 4.69) is 11.6 Å². The van der Waals surface area contributed by atoms with E-state index in [1.54, 1.807) is 0 Å². The van der Waals surface area contributed by atoms with Gasteiger partial charge in [0.25, 0.3) is 5.69 Å². The Kier molecular flexibility index (Phi) is 4.68. The van der Waals surface area contributed by atoms with Crippen LogP contribution in [0.25, 0.3) is 0 Å². The summed E-state index contributed by atoms with van der Waals surface area (Å²) in [6, 6.07) is 1.01. The quantitative estimate of drug-likeness (QED) is 0.660. The maximum Gasteiger partial charge on any atom is 0.300 e. The Labute approximate surface area is 126 Å². The first kappa shape index (κ1) is 15.7. The van der Waals surface area contributed by atoms with Crippen molar-refractivity contribution in [2.45, 2.75) is 30.4 Å². The molecule has 0 amide bonds. The number of nitrogens with zero attached hydrogens (tertiary/aromatic N) is 1. The topological polar surface area (TPSA) is 89.3 Å². The van der Waals surface area contributed by atoms with Crippen molar-refractivity contribution in [1.82, 2.24) is 4.72 Å². The summed E-state index contributed by atoms with van der Waals surface area (Å²) >= 11 is 6.39. The molecule has 0 bridgehead atoms. The molecule has 0 radical (unpaired) electrons. The van der Waals surface area contributed by atoms with E-state index in [1.165, 1.54) is 0 Å². The van der Waals surface area contributed by atoms with Gasteiger partial charge in [0.1, 0.15) is 4.21 Å². The minimum absolute atomic E-state index is 0.111. The molecule has 2 rings (SSSR count). The van der Waals surface area contributed by atoms with Gasteiger partial charge in [-0.2, -0.15) is 0 Å². The van der Waals surface area contributed by atoms with Crippen molar-refractivity contribution in [1.29, 1.82) is 0 Å². The molecule has 1 aliphatic rings. The standard InChI is InChI=1S/C11H15ClN2O4S2/c1-7-3-2-4-8(7)6-13-20(17,18)10-5-9(14(15)16)11(12)19-10/h5,7-8,13H,2-4,6H2,1H3. The van der Waals surface area contributed by atoms with E-state index in [0.29, 0.717) is 29.7 Å². The van der Waals surface area contributed by atoms with Gasteiger partial charge >= 0.3 is 0 Å². The zero-order valence-corrected chi connectivity index (χ0v) is 13.2. The molecule has 1 heterocycles. The predicted octanol–water partition coefficient (Wildman–Crippen LogP) is 3.02. The Morgan fingerprint density at radius 3 is 2.75 bits per heavy atom. The molecule has 1 aromatic heterocycles. The van der Waals surface area contributed by atoms with Gasteiger partial charge in [0.2, 0.25) is 10.0 Å². The lowest BCUT2D eigenvalue weighted by molar-refractivity contribution is -0.384. The van der Waals surface area contributed by atoms with Crippen molar-refractivity contribution in [2.75, 3.05) is 6.54 Å². The second-order valence-electron chi connectivity index (χ2n) is 5.00. The summed E-state index contributed by atoms with van der Waals surface area (Å²) in [5.41, 5.74) is -0.369. The number of nitro groups is 1. The monoisotopic (exact) mass is 338 g/mol. The second kappa shape index (κ2) is 5.97. The highest BCUT2D eigenvalue weighted by atomic mass is 35.5. The number of halogens is 1. The summed E-state index contributed by atoms with van der Waals surface area (Å²) in [4.78, 5) is 10.0. The highest BCUT2D eigenvalue weighted by molar-refractivity contribution is 7.91. The molecule has 1 saturated carbocycles. The third-order valence-electron chi connectivity index (χ3n) is 3.68. The Morgan fingerprint density at radius 1 is 1.55 bits per heavy atom. The Bertz CT molecular complexity index is 614. The maximum atomic E-state index is 12.1.